The molecule has 3 N–H and O–H groups in total. The molecule has 0 bridgehead atoms. The third-order valence-corrected chi connectivity index (χ3v) is 3.55. The number of amides is 1. The molecule has 5 heteroatoms. The third-order valence-electron chi connectivity index (χ3n) is 3.55. The first-order valence-corrected chi connectivity index (χ1v) is 6.56. The van der Waals surface area contributed by atoms with Crippen molar-refractivity contribution in [2.24, 2.45) is 5.84 Å². The fourth-order valence-electron chi connectivity index (χ4n) is 2.50. The molecule has 1 aromatic heterocycles. The van der Waals surface area contributed by atoms with E-state index in [1.165, 1.54) is 11.3 Å². The predicted octanol–water partition coefficient (Wildman–Crippen LogP) is 1.25. The Morgan fingerprint density at radius 2 is 2.15 bits per heavy atom. The normalized spacial score (nSPS) is 13.2. The van der Waals surface area contributed by atoms with Crippen molar-refractivity contribution in [1.29, 1.82) is 0 Å². The van der Waals surface area contributed by atoms with Crippen molar-refractivity contribution in [3.63, 3.8) is 0 Å². The van der Waals surface area contributed by atoms with E-state index in [0.717, 1.165) is 25.2 Å². The molecule has 0 aliphatic carbocycles. The van der Waals surface area contributed by atoms with Gasteiger partial charge in [-0.3, -0.25) is 15.2 Å². The Bertz CT molecular complexity index is 624. The zero-order valence-electron chi connectivity index (χ0n) is 11.0. The first-order chi connectivity index (χ1) is 9.78. The number of nitrogens with two attached hydrogens (primary N) is 1. The number of anilines is 1. The highest BCUT2D eigenvalue weighted by atomic mass is 16.2. The van der Waals surface area contributed by atoms with Crippen molar-refractivity contribution < 1.29 is 4.79 Å². The van der Waals surface area contributed by atoms with E-state index in [0.29, 0.717) is 5.56 Å². The monoisotopic (exact) mass is 268 g/mol. The number of nitrogen functional groups attached to an aromatic ring is 1. The van der Waals surface area contributed by atoms with Crippen molar-refractivity contribution in [3.8, 4) is 0 Å². The number of aromatic nitrogens is 1. The van der Waals surface area contributed by atoms with Gasteiger partial charge in [0.05, 0.1) is 17.8 Å². The molecule has 1 aromatic carbocycles. The maximum atomic E-state index is 11.3. The van der Waals surface area contributed by atoms with Crippen molar-refractivity contribution in [2.75, 3.05) is 11.4 Å². The molecule has 0 atom stereocenters. The van der Waals surface area contributed by atoms with E-state index in [1.807, 2.05) is 6.07 Å². The number of nitrogens with one attached hydrogen (secondary N) is 1. The molecular formula is C15H16N4O. The van der Waals surface area contributed by atoms with Gasteiger partial charge in [0.1, 0.15) is 0 Å². The van der Waals surface area contributed by atoms with Gasteiger partial charge in [0.25, 0.3) is 5.91 Å². The lowest BCUT2D eigenvalue weighted by molar-refractivity contribution is 0.0953. The summed E-state index contributed by atoms with van der Waals surface area (Å²) >= 11 is 0. The zero-order valence-corrected chi connectivity index (χ0v) is 11.0. The molecule has 20 heavy (non-hydrogen) atoms. The van der Waals surface area contributed by atoms with Crippen LogP contribution in [0.4, 0.5) is 5.69 Å². The average Bonchev–Trinajstić information content (AvgIpc) is 2.91. The minimum atomic E-state index is -0.324. The number of hydrogen-bond acceptors (Lipinski definition) is 4. The van der Waals surface area contributed by atoms with Gasteiger partial charge in [0, 0.05) is 18.4 Å². The molecule has 0 unspecified atom stereocenters. The van der Waals surface area contributed by atoms with E-state index in [1.54, 1.807) is 12.3 Å². The van der Waals surface area contributed by atoms with E-state index in [-0.39, 0.29) is 5.91 Å². The van der Waals surface area contributed by atoms with Crippen LogP contribution in [0, 0.1) is 0 Å². The average molecular weight is 268 g/mol. The van der Waals surface area contributed by atoms with Crippen LogP contribution in [0.25, 0.3) is 0 Å². The Labute approximate surface area is 117 Å². The topological polar surface area (TPSA) is 71.2 Å². The van der Waals surface area contributed by atoms with E-state index in [2.05, 4.69) is 39.6 Å². The van der Waals surface area contributed by atoms with Gasteiger partial charge in [-0.15, -0.1) is 0 Å². The summed E-state index contributed by atoms with van der Waals surface area (Å²) in [5.74, 6) is 4.77. The fourth-order valence-corrected chi connectivity index (χ4v) is 2.50. The van der Waals surface area contributed by atoms with E-state index in [4.69, 9.17) is 5.84 Å². The second-order valence-corrected chi connectivity index (χ2v) is 4.81. The molecule has 0 saturated carbocycles. The number of carbonyl (C=O) groups excluding carboxylic acids is 1. The molecule has 1 amide bonds. The van der Waals surface area contributed by atoms with Crippen LogP contribution in [-0.4, -0.2) is 17.4 Å². The number of rotatable bonds is 3. The summed E-state index contributed by atoms with van der Waals surface area (Å²) in [6.07, 6.45) is 2.63. The Balaban J connectivity index is 1.75. The number of pyridine rings is 1. The lowest BCUT2D eigenvalue weighted by atomic mass is 10.2. The number of carbonyl (C=O) groups is 1. The summed E-state index contributed by atoms with van der Waals surface area (Å²) < 4.78 is 0. The highest BCUT2D eigenvalue weighted by Gasteiger charge is 2.18. The molecular weight excluding hydrogens is 252 g/mol. The van der Waals surface area contributed by atoms with Crippen LogP contribution < -0.4 is 16.2 Å². The highest BCUT2D eigenvalue weighted by molar-refractivity contribution is 5.93. The lowest BCUT2D eigenvalue weighted by Crippen LogP contribution is -2.30. The fraction of sp³-hybridized carbons (Fsp3) is 0.200. The summed E-state index contributed by atoms with van der Waals surface area (Å²) in [5, 5.41) is 0. The maximum Gasteiger partial charge on any atom is 0.266 e. The Morgan fingerprint density at radius 3 is 2.90 bits per heavy atom. The number of hydrogen-bond donors (Lipinski definition) is 2. The number of fused-ring (bicyclic) bond motifs is 1. The summed E-state index contributed by atoms with van der Waals surface area (Å²) in [6.45, 7) is 1.76. The predicted molar refractivity (Wildman–Crippen MR) is 77.1 cm³/mol. The molecule has 1 aliphatic heterocycles. The van der Waals surface area contributed by atoms with Crippen LogP contribution in [-0.2, 0) is 13.0 Å². The highest BCUT2D eigenvalue weighted by Crippen LogP contribution is 2.28. The van der Waals surface area contributed by atoms with Gasteiger partial charge >= 0.3 is 0 Å². The Hall–Kier alpha value is -2.40. The molecule has 102 valence electrons. The van der Waals surface area contributed by atoms with E-state index in [9.17, 15) is 4.79 Å². The van der Waals surface area contributed by atoms with Crippen LogP contribution in [0.5, 0.6) is 0 Å². The lowest BCUT2D eigenvalue weighted by Gasteiger charge is -2.18. The van der Waals surface area contributed by atoms with E-state index < -0.39 is 0 Å². The first kappa shape index (κ1) is 12.6. The van der Waals surface area contributed by atoms with Crippen molar-refractivity contribution in [1.82, 2.24) is 10.4 Å². The molecule has 1 aliphatic rings. The quantitative estimate of drug-likeness (QED) is 0.499. The molecule has 0 radical (unpaired) electrons. The standard InChI is InChI=1S/C15H16N4O/c16-18-15(20)12-5-6-13(17-9-12)10-19-8-7-11-3-1-2-4-14(11)19/h1-6,9H,7-8,10,16H2,(H,18,20). The number of nitrogens with zero attached hydrogens (tertiary/aromatic N) is 2. The smallest absolute Gasteiger partial charge is 0.266 e. The Morgan fingerprint density at radius 1 is 1.30 bits per heavy atom. The minimum Gasteiger partial charge on any atom is -0.365 e. The molecule has 3 rings (SSSR count). The van der Waals surface area contributed by atoms with Crippen LogP contribution in [0.2, 0.25) is 0 Å². The maximum absolute atomic E-state index is 11.3. The van der Waals surface area contributed by atoms with Gasteiger partial charge in [0.2, 0.25) is 0 Å². The van der Waals surface area contributed by atoms with Crippen molar-refractivity contribution in [2.45, 2.75) is 13.0 Å². The van der Waals surface area contributed by atoms with Gasteiger partial charge in [0.15, 0.2) is 0 Å². The SMILES string of the molecule is NNC(=O)c1ccc(CN2CCc3ccccc32)nc1. The summed E-state index contributed by atoms with van der Waals surface area (Å²) in [7, 11) is 0. The van der Waals surface area contributed by atoms with Crippen molar-refractivity contribution >= 4 is 11.6 Å². The molecule has 0 spiro atoms. The van der Waals surface area contributed by atoms with Crippen LogP contribution in [0.1, 0.15) is 21.6 Å². The van der Waals surface area contributed by atoms with Crippen LogP contribution in [0.15, 0.2) is 42.6 Å². The van der Waals surface area contributed by atoms with Gasteiger partial charge in [-0.1, -0.05) is 18.2 Å². The van der Waals surface area contributed by atoms with Crippen molar-refractivity contribution in [3.05, 3.63) is 59.4 Å². The number of benzene rings is 1. The largest absolute Gasteiger partial charge is 0.365 e. The van der Waals surface area contributed by atoms with E-state index >= 15 is 0 Å². The first-order valence-electron chi connectivity index (χ1n) is 6.56. The Kier molecular flexibility index (Phi) is 3.35. The number of hydrazine groups is 1. The summed E-state index contributed by atoms with van der Waals surface area (Å²) in [5.41, 5.74) is 6.17. The molecule has 2 heterocycles. The molecule has 5 nitrogen and oxygen atoms in total. The second-order valence-electron chi connectivity index (χ2n) is 4.81. The summed E-state index contributed by atoms with van der Waals surface area (Å²) in [4.78, 5) is 18.0. The molecule has 2 aromatic rings. The number of para-hydroxylation sites is 1. The molecule has 0 fully saturated rings. The van der Waals surface area contributed by atoms with Crippen LogP contribution >= 0.6 is 0 Å². The molecule has 0 saturated heterocycles. The third kappa shape index (κ3) is 2.35. The van der Waals surface area contributed by atoms with Crippen LogP contribution in [0.3, 0.4) is 0 Å². The summed E-state index contributed by atoms with van der Waals surface area (Å²) in [6, 6.07) is 12.0. The van der Waals surface area contributed by atoms with Gasteiger partial charge < -0.3 is 4.90 Å². The zero-order chi connectivity index (χ0) is 13.9. The van der Waals surface area contributed by atoms with Gasteiger partial charge in [-0.05, 0) is 30.2 Å². The van der Waals surface area contributed by atoms with Gasteiger partial charge in [-0.2, -0.15) is 0 Å². The van der Waals surface area contributed by atoms with Gasteiger partial charge in [-0.25, -0.2) is 5.84 Å². The minimum absolute atomic E-state index is 0.324. The second kappa shape index (κ2) is 5.30.